The van der Waals surface area contributed by atoms with Gasteiger partial charge in [-0.1, -0.05) is 12.1 Å². The second-order valence-electron chi connectivity index (χ2n) is 6.33. The van der Waals surface area contributed by atoms with E-state index in [2.05, 4.69) is 60.4 Å². The molecule has 0 N–H and O–H groups in total. The molecule has 0 aliphatic carbocycles. The van der Waals surface area contributed by atoms with Gasteiger partial charge in [0, 0.05) is 43.9 Å². The second kappa shape index (κ2) is 4.81. The van der Waals surface area contributed by atoms with Gasteiger partial charge in [-0.2, -0.15) is 5.26 Å². The van der Waals surface area contributed by atoms with Crippen LogP contribution in [-0.4, -0.2) is 28.2 Å². The molecule has 1 saturated heterocycles. The Hall–Kier alpha value is -2.41. The van der Waals surface area contributed by atoms with E-state index >= 15 is 0 Å². The first-order chi connectivity index (χ1) is 10.7. The van der Waals surface area contributed by atoms with Crippen molar-refractivity contribution in [3.63, 3.8) is 0 Å². The van der Waals surface area contributed by atoms with Crippen molar-refractivity contribution >= 4 is 0 Å². The number of rotatable bonds is 1. The summed E-state index contributed by atoms with van der Waals surface area (Å²) in [6.07, 6.45) is 8.23. The molecule has 2 aliphatic heterocycles. The monoisotopic (exact) mass is 293 g/mol. The van der Waals surface area contributed by atoms with Crippen LogP contribution in [0.2, 0.25) is 0 Å². The first kappa shape index (κ1) is 13.3. The van der Waals surface area contributed by atoms with Gasteiger partial charge in [-0.05, 0) is 30.7 Å². The summed E-state index contributed by atoms with van der Waals surface area (Å²) < 4.78 is 8.74. The summed E-state index contributed by atoms with van der Waals surface area (Å²) in [5.41, 5.74) is 2.24. The number of aromatic nitrogens is 1. The highest BCUT2D eigenvalue weighted by molar-refractivity contribution is 5.46. The van der Waals surface area contributed by atoms with Crippen LogP contribution >= 0.6 is 0 Å². The Kier molecular flexibility index (Phi) is 2.90. The Bertz CT molecular complexity index is 721. The highest BCUT2D eigenvalue weighted by Gasteiger charge is 2.50. The molecule has 112 valence electrons. The second-order valence-corrected chi connectivity index (χ2v) is 6.33. The van der Waals surface area contributed by atoms with Gasteiger partial charge in [-0.3, -0.25) is 0 Å². The maximum Gasteiger partial charge on any atom is 0.179 e. The smallest absolute Gasteiger partial charge is 0.179 e. The summed E-state index contributed by atoms with van der Waals surface area (Å²) in [5.74, 6) is 1.00. The van der Waals surface area contributed by atoms with Crippen molar-refractivity contribution in [3.8, 4) is 11.9 Å². The zero-order chi connectivity index (χ0) is 15.2. The van der Waals surface area contributed by atoms with Crippen molar-refractivity contribution < 1.29 is 4.74 Å². The number of nitrogens with zero attached hydrogens (tertiary/aromatic N) is 3. The lowest BCUT2D eigenvalue weighted by Gasteiger charge is -2.40. The molecule has 1 unspecified atom stereocenters. The van der Waals surface area contributed by atoms with E-state index in [-0.39, 0.29) is 11.6 Å². The maximum atomic E-state index is 9.11. The molecule has 2 aromatic rings. The van der Waals surface area contributed by atoms with Crippen LogP contribution in [0.1, 0.15) is 30.0 Å². The lowest BCUT2D eigenvalue weighted by Crippen LogP contribution is -2.49. The van der Waals surface area contributed by atoms with Gasteiger partial charge in [-0.25, -0.2) is 0 Å². The van der Waals surface area contributed by atoms with Crippen molar-refractivity contribution in [1.29, 1.82) is 5.26 Å². The standard InChI is InChI=1S/C18H19N3O/c1-14-4-5-15-16(12-14)22-18(6-10-20(13-19)11-7-18)17(15)21-8-2-3-9-21/h2-5,8-9,12,17H,6-7,10-11H2,1H3. The zero-order valence-electron chi connectivity index (χ0n) is 12.7. The van der Waals surface area contributed by atoms with Crippen LogP contribution in [0, 0.1) is 18.4 Å². The molecule has 0 bridgehead atoms. The lowest BCUT2D eigenvalue weighted by molar-refractivity contribution is 0.00542. The average Bonchev–Trinajstić information content (AvgIpc) is 3.13. The number of hydrogen-bond acceptors (Lipinski definition) is 3. The third-order valence-corrected chi connectivity index (χ3v) is 4.95. The van der Waals surface area contributed by atoms with Gasteiger partial charge in [0.1, 0.15) is 17.4 Å². The van der Waals surface area contributed by atoms with Gasteiger partial charge in [-0.15, -0.1) is 0 Å². The highest BCUT2D eigenvalue weighted by Crippen LogP contribution is 2.50. The summed E-state index contributed by atoms with van der Waals surface area (Å²) in [6, 6.07) is 10.8. The van der Waals surface area contributed by atoms with Crippen LogP contribution in [0.15, 0.2) is 42.7 Å². The van der Waals surface area contributed by atoms with Gasteiger partial charge < -0.3 is 14.2 Å². The van der Waals surface area contributed by atoms with Gasteiger partial charge >= 0.3 is 0 Å². The van der Waals surface area contributed by atoms with Crippen molar-refractivity contribution in [3.05, 3.63) is 53.9 Å². The molecule has 3 heterocycles. The summed E-state index contributed by atoms with van der Waals surface area (Å²) in [6.45, 7) is 3.63. The van der Waals surface area contributed by atoms with E-state index in [0.29, 0.717) is 0 Å². The molecular weight excluding hydrogens is 274 g/mol. The molecule has 2 aliphatic rings. The number of hydrogen-bond donors (Lipinski definition) is 0. The van der Waals surface area contributed by atoms with Crippen LogP contribution in [0.3, 0.4) is 0 Å². The van der Waals surface area contributed by atoms with E-state index < -0.39 is 0 Å². The Labute approximate surface area is 130 Å². The first-order valence-electron chi connectivity index (χ1n) is 7.79. The summed E-state index contributed by atoms with van der Waals surface area (Å²) in [5, 5.41) is 9.11. The van der Waals surface area contributed by atoms with Crippen LogP contribution in [0.5, 0.6) is 5.75 Å². The normalized spacial score (nSPS) is 22.2. The molecule has 1 fully saturated rings. The van der Waals surface area contributed by atoms with Crippen molar-refractivity contribution in [1.82, 2.24) is 9.47 Å². The van der Waals surface area contributed by atoms with E-state index in [1.165, 1.54) is 11.1 Å². The molecule has 0 amide bonds. The molecule has 1 aromatic heterocycles. The van der Waals surface area contributed by atoms with Crippen LogP contribution in [0.25, 0.3) is 0 Å². The summed E-state index contributed by atoms with van der Waals surface area (Å²) in [4.78, 5) is 1.83. The van der Waals surface area contributed by atoms with Gasteiger partial charge in [0.25, 0.3) is 0 Å². The number of ether oxygens (including phenoxy) is 1. The van der Waals surface area contributed by atoms with E-state index in [1.54, 1.807) is 0 Å². The SMILES string of the molecule is Cc1ccc2c(c1)OC1(CCN(C#N)CC1)C2n1cccc1. The number of benzene rings is 1. The molecule has 4 nitrogen and oxygen atoms in total. The van der Waals surface area contributed by atoms with Gasteiger partial charge in [0.15, 0.2) is 6.19 Å². The Morgan fingerprint density at radius 3 is 2.64 bits per heavy atom. The van der Waals surface area contributed by atoms with Crippen molar-refractivity contribution in [2.45, 2.75) is 31.4 Å². The molecule has 1 spiro atoms. The van der Waals surface area contributed by atoms with Gasteiger partial charge in [0.05, 0.1) is 0 Å². The third kappa shape index (κ3) is 1.89. The van der Waals surface area contributed by atoms with E-state index in [0.717, 1.165) is 31.7 Å². The largest absolute Gasteiger partial charge is 0.484 e. The number of likely N-dealkylation sites (tertiary alicyclic amines) is 1. The predicted molar refractivity (Wildman–Crippen MR) is 83.5 cm³/mol. The average molecular weight is 293 g/mol. The third-order valence-electron chi connectivity index (χ3n) is 4.95. The molecular formula is C18H19N3O. The zero-order valence-corrected chi connectivity index (χ0v) is 12.7. The quantitative estimate of drug-likeness (QED) is 0.759. The predicted octanol–water partition coefficient (Wildman–Crippen LogP) is 3.09. The number of aryl methyl sites for hydroxylation is 1. The molecule has 22 heavy (non-hydrogen) atoms. The molecule has 1 atom stereocenters. The van der Waals surface area contributed by atoms with Crippen LogP contribution in [-0.2, 0) is 0 Å². The maximum absolute atomic E-state index is 9.11. The fraction of sp³-hybridized carbons (Fsp3) is 0.389. The molecule has 1 aromatic carbocycles. The minimum Gasteiger partial charge on any atom is -0.484 e. The van der Waals surface area contributed by atoms with Crippen molar-refractivity contribution in [2.75, 3.05) is 13.1 Å². The van der Waals surface area contributed by atoms with E-state index in [9.17, 15) is 0 Å². The molecule has 0 saturated carbocycles. The lowest BCUT2D eigenvalue weighted by atomic mass is 9.82. The Balaban J connectivity index is 1.78. The topological polar surface area (TPSA) is 41.2 Å². The fourth-order valence-electron chi connectivity index (χ4n) is 3.83. The van der Waals surface area contributed by atoms with Gasteiger partial charge in [0.2, 0.25) is 0 Å². The highest BCUT2D eigenvalue weighted by atomic mass is 16.5. The molecule has 0 radical (unpaired) electrons. The summed E-state index contributed by atoms with van der Waals surface area (Å²) >= 11 is 0. The minimum atomic E-state index is -0.234. The minimum absolute atomic E-state index is 0.193. The van der Waals surface area contributed by atoms with E-state index in [4.69, 9.17) is 10.00 Å². The molecule has 4 rings (SSSR count). The Morgan fingerprint density at radius 1 is 1.23 bits per heavy atom. The summed E-state index contributed by atoms with van der Waals surface area (Å²) in [7, 11) is 0. The molecule has 4 heteroatoms. The fourth-order valence-corrected chi connectivity index (χ4v) is 3.83. The van der Waals surface area contributed by atoms with E-state index in [1.807, 2.05) is 4.90 Å². The van der Waals surface area contributed by atoms with Crippen LogP contribution < -0.4 is 4.74 Å². The van der Waals surface area contributed by atoms with Crippen molar-refractivity contribution in [2.24, 2.45) is 0 Å². The van der Waals surface area contributed by atoms with Crippen LogP contribution in [0.4, 0.5) is 0 Å². The number of piperidine rings is 1. The first-order valence-corrected chi connectivity index (χ1v) is 7.79. The number of nitriles is 1. The Morgan fingerprint density at radius 2 is 1.95 bits per heavy atom. The number of fused-ring (bicyclic) bond motifs is 1.